The number of rotatable bonds is 3. The Balaban J connectivity index is 2.71. The highest BCUT2D eigenvalue weighted by Gasteiger charge is 2.11. The second-order valence-electron chi connectivity index (χ2n) is 3.06. The molecule has 0 unspecified atom stereocenters. The van der Waals surface area contributed by atoms with E-state index in [4.69, 9.17) is 0 Å². The van der Waals surface area contributed by atoms with Gasteiger partial charge < -0.3 is 4.74 Å². The van der Waals surface area contributed by atoms with Gasteiger partial charge in [0.05, 0.1) is 7.11 Å². The Labute approximate surface area is 94.3 Å². The first kappa shape index (κ1) is 11.8. The minimum atomic E-state index is -0.301. The highest BCUT2D eigenvalue weighted by Crippen LogP contribution is 2.16. The molecular weight excluding hydrogens is 208 g/mol. The summed E-state index contributed by atoms with van der Waals surface area (Å²) >= 11 is 1.37. The third-order valence-electron chi connectivity index (χ3n) is 1.91. The minimum Gasteiger partial charge on any atom is -0.465 e. The second-order valence-corrected chi connectivity index (χ2v) is 3.98. The summed E-state index contributed by atoms with van der Waals surface area (Å²) in [5.41, 5.74) is 0.781. The minimum absolute atomic E-state index is 0.301. The number of methoxy groups -OCH3 is 1. The molecule has 1 rings (SSSR count). The molecule has 0 aliphatic rings. The van der Waals surface area contributed by atoms with Crippen LogP contribution in [0.1, 0.15) is 41.4 Å². The van der Waals surface area contributed by atoms with Gasteiger partial charge >= 0.3 is 5.97 Å². The van der Waals surface area contributed by atoms with E-state index in [9.17, 15) is 4.79 Å². The zero-order chi connectivity index (χ0) is 11.1. The highest BCUT2D eigenvalue weighted by molar-refractivity contribution is 7.12. The van der Waals surface area contributed by atoms with Crippen LogP contribution in [0.2, 0.25) is 0 Å². The molecule has 0 spiro atoms. The lowest BCUT2D eigenvalue weighted by Gasteiger charge is -1.94. The van der Waals surface area contributed by atoms with Gasteiger partial charge in [-0.15, -0.1) is 11.3 Å². The lowest BCUT2D eigenvalue weighted by atomic mass is 10.2. The van der Waals surface area contributed by atoms with E-state index in [-0.39, 0.29) is 5.97 Å². The van der Waals surface area contributed by atoms with Crippen LogP contribution in [0.15, 0.2) is 11.4 Å². The van der Waals surface area contributed by atoms with Crippen molar-refractivity contribution in [2.24, 2.45) is 0 Å². The molecule has 0 aliphatic carbocycles. The van der Waals surface area contributed by atoms with Crippen LogP contribution in [0.3, 0.4) is 0 Å². The predicted octanol–water partition coefficient (Wildman–Crippen LogP) is 3.08. The molecule has 1 heterocycles. The number of hydrogen-bond acceptors (Lipinski definition) is 3. The summed E-state index contributed by atoms with van der Waals surface area (Å²) < 4.78 is 4.67. The van der Waals surface area contributed by atoms with Gasteiger partial charge in [-0.3, -0.25) is 0 Å². The number of carbonyl (C=O) groups excluding carboxylic acids is 1. The van der Waals surface area contributed by atoms with Gasteiger partial charge in [-0.2, -0.15) is 0 Å². The third kappa shape index (κ3) is 3.41. The van der Waals surface area contributed by atoms with Gasteiger partial charge in [-0.1, -0.05) is 25.2 Å². The van der Waals surface area contributed by atoms with Crippen molar-refractivity contribution in [3.8, 4) is 11.8 Å². The van der Waals surface area contributed by atoms with Gasteiger partial charge in [0.1, 0.15) is 4.88 Å². The molecule has 0 aromatic carbocycles. The van der Waals surface area contributed by atoms with E-state index in [1.54, 1.807) is 0 Å². The molecule has 80 valence electrons. The van der Waals surface area contributed by atoms with Crippen LogP contribution < -0.4 is 0 Å². The topological polar surface area (TPSA) is 26.3 Å². The van der Waals surface area contributed by atoms with Gasteiger partial charge in [0.25, 0.3) is 0 Å². The van der Waals surface area contributed by atoms with Crippen molar-refractivity contribution in [1.29, 1.82) is 0 Å². The van der Waals surface area contributed by atoms with Gasteiger partial charge in [0.2, 0.25) is 0 Å². The SMILES string of the molecule is CCCCC#Cc1ccsc1C(=O)OC. The largest absolute Gasteiger partial charge is 0.465 e. The number of esters is 1. The van der Waals surface area contributed by atoms with Crippen molar-refractivity contribution in [2.45, 2.75) is 26.2 Å². The van der Waals surface area contributed by atoms with Gasteiger partial charge in [-0.05, 0) is 17.9 Å². The van der Waals surface area contributed by atoms with Crippen molar-refractivity contribution >= 4 is 17.3 Å². The van der Waals surface area contributed by atoms with Gasteiger partial charge in [-0.25, -0.2) is 4.79 Å². The van der Waals surface area contributed by atoms with Crippen molar-refractivity contribution in [3.05, 3.63) is 21.9 Å². The van der Waals surface area contributed by atoms with E-state index < -0.39 is 0 Å². The van der Waals surface area contributed by atoms with Crippen LogP contribution in [0.25, 0.3) is 0 Å². The van der Waals surface area contributed by atoms with Crippen molar-refractivity contribution in [2.75, 3.05) is 7.11 Å². The Kier molecular flexibility index (Phi) is 4.92. The van der Waals surface area contributed by atoms with E-state index in [1.165, 1.54) is 18.4 Å². The monoisotopic (exact) mass is 222 g/mol. The summed E-state index contributed by atoms with van der Waals surface area (Å²) in [5, 5.41) is 1.86. The molecule has 0 saturated carbocycles. The molecular formula is C12H14O2S. The van der Waals surface area contributed by atoms with Crippen molar-refractivity contribution < 1.29 is 9.53 Å². The zero-order valence-corrected chi connectivity index (χ0v) is 9.82. The standard InChI is InChI=1S/C12H14O2S/c1-3-4-5-6-7-10-8-9-15-11(10)12(13)14-2/h8-9H,3-5H2,1-2H3. The van der Waals surface area contributed by atoms with E-state index in [0.717, 1.165) is 24.8 Å². The maximum Gasteiger partial charge on any atom is 0.349 e. The van der Waals surface area contributed by atoms with Crippen molar-refractivity contribution in [1.82, 2.24) is 0 Å². The Morgan fingerprint density at radius 3 is 3.07 bits per heavy atom. The molecule has 0 amide bonds. The molecule has 0 saturated heterocycles. The zero-order valence-electron chi connectivity index (χ0n) is 9.00. The Hall–Kier alpha value is -1.27. The molecule has 0 fully saturated rings. The average molecular weight is 222 g/mol. The summed E-state index contributed by atoms with van der Waals surface area (Å²) in [5.74, 6) is 5.76. The molecule has 0 aliphatic heterocycles. The number of hydrogen-bond donors (Lipinski definition) is 0. The molecule has 0 atom stereocenters. The Morgan fingerprint density at radius 1 is 1.60 bits per heavy atom. The molecule has 0 radical (unpaired) electrons. The molecule has 0 N–H and O–H groups in total. The average Bonchev–Trinajstić information content (AvgIpc) is 2.71. The molecule has 3 heteroatoms. The molecule has 1 aromatic rings. The quantitative estimate of drug-likeness (QED) is 0.446. The normalized spacial score (nSPS) is 9.20. The fraction of sp³-hybridized carbons (Fsp3) is 0.417. The maximum atomic E-state index is 11.3. The summed E-state index contributed by atoms with van der Waals surface area (Å²) in [4.78, 5) is 11.9. The Bertz CT molecular complexity index is 382. The van der Waals surface area contributed by atoms with Gasteiger partial charge in [0.15, 0.2) is 0 Å². The Morgan fingerprint density at radius 2 is 2.40 bits per heavy atom. The molecule has 15 heavy (non-hydrogen) atoms. The lowest BCUT2D eigenvalue weighted by Crippen LogP contribution is -1.99. The molecule has 2 nitrogen and oxygen atoms in total. The first-order valence-corrected chi connectivity index (χ1v) is 5.82. The number of carbonyl (C=O) groups is 1. The van der Waals surface area contributed by atoms with Crippen LogP contribution in [0.4, 0.5) is 0 Å². The fourth-order valence-corrected chi connectivity index (χ4v) is 1.85. The summed E-state index contributed by atoms with van der Waals surface area (Å²) in [7, 11) is 1.39. The number of unbranched alkanes of at least 4 members (excludes halogenated alkanes) is 2. The smallest absolute Gasteiger partial charge is 0.349 e. The maximum absolute atomic E-state index is 11.3. The number of thiophene rings is 1. The van der Waals surface area contributed by atoms with Crippen LogP contribution >= 0.6 is 11.3 Å². The van der Waals surface area contributed by atoms with Crippen LogP contribution in [0, 0.1) is 11.8 Å². The van der Waals surface area contributed by atoms with E-state index in [0.29, 0.717) is 4.88 Å². The summed E-state index contributed by atoms with van der Waals surface area (Å²) in [6, 6.07) is 1.86. The third-order valence-corrected chi connectivity index (χ3v) is 2.81. The van der Waals surface area contributed by atoms with E-state index >= 15 is 0 Å². The van der Waals surface area contributed by atoms with Crippen LogP contribution in [-0.2, 0) is 4.74 Å². The molecule has 0 bridgehead atoms. The second kappa shape index (κ2) is 6.26. The lowest BCUT2D eigenvalue weighted by molar-refractivity contribution is 0.0606. The van der Waals surface area contributed by atoms with Crippen LogP contribution in [-0.4, -0.2) is 13.1 Å². The van der Waals surface area contributed by atoms with E-state index in [2.05, 4.69) is 23.5 Å². The highest BCUT2D eigenvalue weighted by atomic mass is 32.1. The van der Waals surface area contributed by atoms with Crippen LogP contribution in [0.5, 0.6) is 0 Å². The molecule has 1 aromatic heterocycles. The van der Waals surface area contributed by atoms with Crippen molar-refractivity contribution in [3.63, 3.8) is 0 Å². The van der Waals surface area contributed by atoms with E-state index in [1.807, 2.05) is 11.4 Å². The predicted molar refractivity (Wildman–Crippen MR) is 62.1 cm³/mol. The first-order chi connectivity index (χ1) is 7.29. The summed E-state index contributed by atoms with van der Waals surface area (Å²) in [6.45, 7) is 2.13. The number of ether oxygens (including phenoxy) is 1. The summed E-state index contributed by atoms with van der Waals surface area (Å²) in [6.07, 6.45) is 3.12. The van der Waals surface area contributed by atoms with Gasteiger partial charge in [0, 0.05) is 12.0 Å². The first-order valence-electron chi connectivity index (χ1n) is 4.94. The fourth-order valence-electron chi connectivity index (χ4n) is 1.08.